The van der Waals surface area contributed by atoms with Crippen LogP contribution in [0.4, 0.5) is 13.2 Å². The van der Waals surface area contributed by atoms with Gasteiger partial charge in [-0.1, -0.05) is 79.7 Å². The van der Waals surface area contributed by atoms with Crippen molar-refractivity contribution < 1.29 is 17.7 Å². The smallest absolute Gasteiger partial charge is 0.313 e. The normalized spacial score (nSPS) is 13.4. The highest BCUT2D eigenvalue weighted by atomic mass is 31.2. The predicted octanol–water partition coefficient (Wildman–Crippen LogP) is 5.78. The summed E-state index contributed by atoms with van der Waals surface area (Å²) in [4.78, 5) is 0. The van der Waals surface area contributed by atoms with Crippen molar-refractivity contribution in [3.63, 3.8) is 0 Å². The molecule has 0 N–H and O–H groups in total. The zero-order valence-electron chi connectivity index (χ0n) is 14.1. The summed E-state index contributed by atoms with van der Waals surface area (Å²) in [5, 5.41) is 1.39. The molecule has 0 heterocycles. The van der Waals surface area contributed by atoms with Gasteiger partial charge in [0.25, 0.3) is 0 Å². The van der Waals surface area contributed by atoms with Crippen molar-refractivity contribution in [2.24, 2.45) is 0 Å². The van der Waals surface area contributed by atoms with Crippen molar-refractivity contribution >= 4 is 17.8 Å². The highest BCUT2D eigenvalue weighted by Gasteiger charge is 2.35. The predicted molar refractivity (Wildman–Crippen MR) is 99.6 cm³/mol. The molecular weight excluding hydrogens is 356 g/mol. The van der Waals surface area contributed by atoms with Crippen LogP contribution in [-0.4, -0.2) is 0 Å². The topological polar surface area (TPSA) is 17.1 Å². The molecule has 1 nitrogen and oxygen atoms in total. The number of alkyl halides is 3. The highest BCUT2D eigenvalue weighted by Crippen LogP contribution is 2.56. The van der Waals surface area contributed by atoms with E-state index in [-0.39, 0.29) is 0 Å². The van der Waals surface area contributed by atoms with Gasteiger partial charge in [-0.3, -0.25) is 0 Å². The molecule has 0 aliphatic heterocycles. The van der Waals surface area contributed by atoms with E-state index >= 15 is 0 Å². The molecule has 3 aromatic rings. The quantitative estimate of drug-likeness (QED) is 0.529. The van der Waals surface area contributed by atoms with Crippen LogP contribution in [-0.2, 0) is 10.7 Å². The third-order valence-electron chi connectivity index (χ3n) is 4.55. The summed E-state index contributed by atoms with van der Waals surface area (Å²) in [5.41, 5.74) is -0.536. The van der Waals surface area contributed by atoms with E-state index in [9.17, 15) is 17.7 Å². The first-order chi connectivity index (χ1) is 12.3. The molecule has 0 spiro atoms. The summed E-state index contributed by atoms with van der Waals surface area (Å²) in [5.74, 6) is 0. The lowest BCUT2D eigenvalue weighted by Crippen LogP contribution is -2.20. The molecule has 0 unspecified atom stereocenters. The molecule has 0 aliphatic rings. The fourth-order valence-corrected chi connectivity index (χ4v) is 6.07. The molecule has 26 heavy (non-hydrogen) atoms. The lowest BCUT2D eigenvalue weighted by Gasteiger charge is -2.26. The molecule has 134 valence electrons. The van der Waals surface area contributed by atoms with Crippen LogP contribution >= 0.6 is 7.14 Å². The minimum atomic E-state index is -4.38. The first kappa shape index (κ1) is 18.5. The van der Waals surface area contributed by atoms with Gasteiger partial charge < -0.3 is 4.57 Å². The molecule has 3 aromatic carbocycles. The summed E-state index contributed by atoms with van der Waals surface area (Å²) in [6.07, 6.45) is -4.38. The van der Waals surface area contributed by atoms with E-state index < -0.39 is 24.5 Å². The van der Waals surface area contributed by atoms with Crippen molar-refractivity contribution in [2.45, 2.75) is 18.8 Å². The van der Waals surface area contributed by atoms with Gasteiger partial charge in [0.15, 0.2) is 0 Å². The second kappa shape index (κ2) is 7.13. The summed E-state index contributed by atoms with van der Waals surface area (Å²) in [6.45, 7) is 1.81. The molecular formula is C21H18F3OP. The Labute approximate surface area is 150 Å². The van der Waals surface area contributed by atoms with Crippen molar-refractivity contribution in [3.8, 4) is 0 Å². The largest absolute Gasteiger partial charge is 0.416 e. The van der Waals surface area contributed by atoms with Crippen molar-refractivity contribution in [1.82, 2.24) is 0 Å². The zero-order valence-corrected chi connectivity index (χ0v) is 15.0. The van der Waals surface area contributed by atoms with Crippen LogP contribution in [0, 0.1) is 0 Å². The van der Waals surface area contributed by atoms with Gasteiger partial charge in [0.2, 0.25) is 0 Å². The van der Waals surface area contributed by atoms with E-state index in [1.165, 1.54) is 12.1 Å². The van der Waals surface area contributed by atoms with E-state index in [1.54, 1.807) is 0 Å². The van der Waals surface area contributed by atoms with Gasteiger partial charge >= 0.3 is 6.18 Å². The highest BCUT2D eigenvalue weighted by molar-refractivity contribution is 7.79. The van der Waals surface area contributed by atoms with E-state index in [0.717, 1.165) is 12.1 Å². The molecule has 5 heteroatoms. The van der Waals surface area contributed by atoms with E-state index in [4.69, 9.17) is 0 Å². The molecule has 0 aliphatic carbocycles. The van der Waals surface area contributed by atoms with E-state index in [2.05, 4.69) is 0 Å². The van der Waals surface area contributed by atoms with Crippen LogP contribution in [0.2, 0.25) is 0 Å². The average Bonchev–Trinajstić information content (AvgIpc) is 2.67. The van der Waals surface area contributed by atoms with Gasteiger partial charge in [-0.25, -0.2) is 0 Å². The van der Waals surface area contributed by atoms with Crippen LogP contribution in [0.15, 0.2) is 84.9 Å². The Balaban J connectivity index is 2.10. The number of rotatable bonds is 4. The maximum atomic E-state index is 14.2. The van der Waals surface area contributed by atoms with Crippen LogP contribution in [0.3, 0.4) is 0 Å². The fraction of sp³-hybridized carbons (Fsp3) is 0.143. The number of hydrogen-bond acceptors (Lipinski definition) is 1. The minimum Gasteiger partial charge on any atom is -0.313 e. The Morgan fingerprint density at radius 1 is 0.731 bits per heavy atom. The van der Waals surface area contributed by atoms with Crippen LogP contribution in [0.1, 0.15) is 23.7 Å². The summed E-state index contributed by atoms with van der Waals surface area (Å²) < 4.78 is 52.7. The number of benzene rings is 3. The van der Waals surface area contributed by atoms with Crippen molar-refractivity contribution in [2.75, 3.05) is 0 Å². The first-order valence-corrected chi connectivity index (χ1v) is 9.99. The maximum Gasteiger partial charge on any atom is 0.416 e. The van der Waals surface area contributed by atoms with Gasteiger partial charge in [-0.15, -0.1) is 0 Å². The van der Waals surface area contributed by atoms with Gasteiger partial charge in [-0.05, 0) is 17.7 Å². The average molecular weight is 374 g/mol. The first-order valence-electron chi connectivity index (χ1n) is 8.21. The molecule has 0 fully saturated rings. The van der Waals surface area contributed by atoms with Gasteiger partial charge in [0.05, 0.1) is 5.56 Å². The lowest BCUT2D eigenvalue weighted by atomic mass is 10.1. The summed E-state index contributed by atoms with van der Waals surface area (Å²) in [6, 6.07) is 23.2. The molecule has 0 saturated heterocycles. The second-order valence-electron chi connectivity index (χ2n) is 6.12. The second-order valence-corrected chi connectivity index (χ2v) is 9.25. The molecule has 0 bridgehead atoms. The summed E-state index contributed by atoms with van der Waals surface area (Å²) >= 11 is 0. The van der Waals surface area contributed by atoms with Crippen molar-refractivity contribution in [3.05, 3.63) is 96.1 Å². The van der Waals surface area contributed by atoms with Crippen LogP contribution < -0.4 is 10.6 Å². The van der Waals surface area contributed by atoms with E-state index in [1.807, 2.05) is 67.6 Å². The summed E-state index contributed by atoms with van der Waals surface area (Å²) in [7, 11) is -3.07. The third kappa shape index (κ3) is 3.47. The molecule has 0 saturated carbocycles. The number of halogens is 3. The van der Waals surface area contributed by atoms with Crippen LogP contribution in [0.25, 0.3) is 0 Å². The monoisotopic (exact) mass is 374 g/mol. The van der Waals surface area contributed by atoms with Crippen molar-refractivity contribution in [1.29, 1.82) is 0 Å². The molecule has 1 atom stereocenters. The molecule has 3 rings (SSSR count). The van der Waals surface area contributed by atoms with Gasteiger partial charge in [0, 0.05) is 16.3 Å². The van der Waals surface area contributed by atoms with Gasteiger partial charge in [0.1, 0.15) is 7.14 Å². The fourth-order valence-electron chi connectivity index (χ4n) is 3.06. The standard InChI is InChI=1S/C21H18F3OP/c1-16(17-12-14-18(15-13-17)21(22,23)24)26(25,19-8-4-2-5-9-19)20-10-6-3-7-11-20/h2-16H,1H3/t16-/m0/s1. The molecule has 0 aromatic heterocycles. The van der Waals surface area contributed by atoms with Crippen LogP contribution in [0.5, 0.6) is 0 Å². The minimum absolute atomic E-state index is 0.449. The Hall–Kier alpha value is -2.32. The van der Waals surface area contributed by atoms with E-state index in [0.29, 0.717) is 16.2 Å². The maximum absolute atomic E-state index is 14.2. The SMILES string of the molecule is C[C@@H](c1ccc(C(F)(F)F)cc1)P(=O)(c1ccccc1)c1ccccc1. The third-order valence-corrected chi connectivity index (χ3v) is 8.06. The molecule has 0 amide bonds. The number of hydrogen-bond donors (Lipinski definition) is 0. The Kier molecular flexibility index (Phi) is 5.06. The Morgan fingerprint density at radius 3 is 1.54 bits per heavy atom. The Bertz CT molecular complexity index is 860. The molecule has 0 radical (unpaired) electrons. The zero-order chi connectivity index (χ0) is 18.8. The lowest BCUT2D eigenvalue weighted by molar-refractivity contribution is -0.137. The Morgan fingerprint density at radius 2 is 1.15 bits per heavy atom. The van der Waals surface area contributed by atoms with Gasteiger partial charge in [-0.2, -0.15) is 13.2 Å².